The Morgan fingerprint density at radius 2 is 1.77 bits per heavy atom. The van der Waals surface area contributed by atoms with Gasteiger partial charge in [-0.05, 0) is 24.3 Å². The van der Waals surface area contributed by atoms with Crippen LogP contribution in [0.15, 0.2) is 54.6 Å². The Hall–Kier alpha value is -2.37. The Bertz CT molecular complexity index is 759. The van der Waals surface area contributed by atoms with Gasteiger partial charge in [-0.2, -0.15) is 0 Å². The molecule has 3 aromatic rings. The van der Waals surface area contributed by atoms with E-state index in [1.54, 1.807) is 16.8 Å². The molecule has 5 nitrogen and oxygen atoms in total. The molecule has 0 bridgehead atoms. The Morgan fingerprint density at radius 3 is 2.50 bits per heavy atom. The minimum absolute atomic E-state index is 0.200. The van der Waals surface area contributed by atoms with Gasteiger partial charge >= 0.3 is 0 Å². The number of benzene rings is 2. The molecule has 1 aromatic heterocycles. The van der Waals surface area contributed by atoms with Crippen LogP contribution in [0.5, 0.6) is 5.75 Å². The van der Waals surface area contributed by atoms with Crippen molar-refractivity contribution in [1.29, 1.82) is 0 Å². The lowest BCUT2D eigenvalue weighted by molar-refractivity contribution is 0.263. The van der Waals surface area contributed by atoms with Crippen LogP contribution in [0.2, 0.25) is 5.02 Å². The second kappa shape index (κ2) is 6.60. The van der Waals surface area contributed by atoms with Crippen LogP contribution in [-0.2, 0) is 13.2 Å². The van der Waals surface area contributed by atoms with Crippen molar-refractivity contribution in [1.82, 2.24) is 15.0 Å². The normalized spacial score (nSPS) is 10.6. The molecule has 0 saturated heterocycles. The number of aliphatic hydroxyl groups is 1. The molecule has 0 saturated carbocycles. The second-order valence-electron chi connectivity index (χ2n) is 4.61. The summed E-state index contributed by atoms with van der Waals surface area (Å²) >= 11 is 6.08. The minimum atomic E-state index is -0.200. The molecule has 0 aliphatic heterocycles. The van der Waals surface area contributed by atoms with Crippen molar-refractivity contribution in [3.8, 4) is 11.4 Å². The summed E-state index contributed by atoms with van der Waals surface area (Å²) < 4.78 is 7.40. The number of hydrogen-bond acceptors (Lipinski definition) is 4. The first-order valence-electron chi connectivity index (χ1n) is 6.76. The van der Waals surface area contributed by atoms with Gasteiger partial charge in [0.15, 0.2) is 0 Å². The van der Waals surface area contributed by atoms with E-state index in [9.17, 15) is 5.11 Å². The van der Waals surface area contributed by atoms with Gasteiger partial charge in [0.05, 0.1) is 17.3 Å². The quantitative estimate of drug-likeness (QED) is 0.786. The van der Waals surface area contributed by atoms with Crippen molar-refractivity contribution < 1.29 is 9.84 Å². The maximum atomic E-state index is 9.43. The molecule has 3 rings (SSSR count). The summed E-state index contributed by atoms with van der Waals surface area (Å²) in [7, 11) is 0. The molecule has 0 atom stereocenters. The number of hydrogen-bond donors (Lipinski definition) is 1. The molecule has 0 aliphatic rings. The molecular weight excluding hydrogens is 302 g/mol. The third-order valence-electron chi connectivity index (χ3n) is 3.20. The van der Waals surface area contributed by atoms with Crippen LogP contribution in [0, 0.1) is 0 Å². The summed E-state index contributed by atoms with van der Waals surface area (Å²) in [5.74, 6) is 0.578. The van der Waals surface area contributed by atoms with Crippen LogP contribution in [-0.4, -0.2) is 20.1 Å². The molecule has 1 heterocycles. The predicted molar refractivity (Wildman–Crippen MR) is 83.1 cm³/mol. The monoisotopic (exact) mass is 315 g/mol. The first-order valence-corrected chi connectivity index (χ1v) is 7.14. The fourth-order valence-corrected chi connectivity index (χ4v) is 2.27. The standard InChI is InChI=1S/C16H14ClN3O2/c17-13-8-4-5-9-16(13)22-11-15-14(10-21)18-19-20(15)12-6-2-1-3-7-12/h1-9,21H,10-11H2. The molecule has 0 amide bonds. The van der Waals surface area contributed by atoms with Gasteiger partial charge in [0.25, 0.3) is 0 Å². The lowest BCUT2D eigenvalue weighted by Crippen LogP contribution is -2.07. The maximum absolute atomic E-state index is 9.43. The zero-order valence-corrected chi connectivity index (χ0v) is 12.4. The molecule has 1 N–H and O–H groups in total. The fourth-order valence-electron chi connectivity index (χ4n) is 2.08. The number of ether oxygens (including phenoxy) is 1. The SMILES string of the molecule is OCc1nnn(-c2ccccc2)c1COc1ccccc1Cl. The third kappa shape index (κ3) is 2.95. The summed E-state index contributed by atoms with van der Waals surface area (Å²) in [5.41, 5.74) is 2.02. The average molecular weight is 316 g/mol. The van der Waals surface area contributed by atoms with Gasteiger partial charge in [0.1, 0.15) is 23.7 Å². The second-order valence-corrected chi connectivity index (χ2v) is 5.01. The van der Waals surface area contributed by atoms with E-state index in [1.807, 2.05) is 42.5 Å². The van der Waals surface area contributed by atoms with Gasteiger partial charge in [0, 0.05) is 0 Å². The number of rotatable bonds is 5. The summed E-state index contributed by atoms with van der Waals surface area (Å²) in [6, 6.07) is 16.8. The van der Waals surface area contributed by atoms with Gasteiger partial charge in [-0.15, -0.1) is 5.10 Å². The molecule has 0 unspecified atom stereocenters. The zero-order chi connectivity index (χ0) is 15.4. The van der Waals surface area contributed by atoms with Crippen molar-refractivity contribution in [3.05, 3.63) is 71.0 Å². The third-order valence-corrected chi connectivity index (χ3v) is 3.51. The van der Waals surface area contributed by atoms with E-state index in [4.69, 9.17) is 16.3 Å². The number of aromatic nitrogens is 3. The summed E-state index contributed by atoms with van der Waals surface area (Å²) in [6.45, 7) is 0.00949. The highest BCUT2D eigenvalue weighted by Crippen LogP contribution is 2.25. The van der Waals surface area contributed by atoms with E-state index >= 15 is 0 Å². The number of halogens is 1. The largest absolute Gasteiger partial charge is 0.486 e. The summed E-state index contributed by atoms with van der Waals surface area (Å²) in [6.07, 6.45) is 0. The van der Waals surface area contributed by atoms with E-state index in [0.29, 0.717) is 22.2 Å². The van der Waals surface area contributed by atoms with Crippen LogP contribution in [0.25, 0.3) is 5.69 Å². The molecule has 0 radical (unpaired) electrons. The smallest absolute Gasteiger partial charge is 0.138 e. The van der Waals surface area contributed by atoms with E-state index in [1.165, 1.54) is 0 Å². The van der Waals surface area contributed by atoms with E-state index in [-0.39, 0.29) is 13.2 Å². The molecule has 112 valence electrons. The van der Waals surface area contributed by atoms with E-state index in [2.05, 4.69) is 10.3 Å². The highest BCUT2D eigenvalue weighted by molar-refractivity contribution is 6.32. The molecule has 22 heavy (non-hydrogen) atoms. The van der Waals surface area contributed by atoms with Crippen LogP contribution >= 0.6 is 11.6 Å². The first-order chi connectivity index (χ1) is 10.8. The Labute approximate surface area is 132 Å². The topological polar surface area (TPSA) is 60.2 Å². The number of aliphatic hydroxyl groups excluding tert-OH is 1. The molecule has 0 spiro atoms. The molecule has 6 heteroatoms. The number of nitrogens with zero attached hydrogens (tertiary/aromatic N) is 3. The summed E-state index contributed by atoms with van der Waals surface area (Å²) in [4.78, 5) is 0. The molecule has 2 aromatic carbocycles. The van der Waals surface area contributed by atoms with Crippen molar-refractivity contribution in [2.45, 2.75) is 13.2 Å². The zero-order valence-electron chi connectivity index (χ0n) is 11.7. The van der Waals surface area contributed by atoms with Gasteiger partial charge < -0.3 is 9.84 Å². The predicted octanol–water partition coefficient (Wildman–Crippen LogP) is 2.99. The summed E-state index contributed by atoms with van der Waals surface area (Å²) in [5, 5.41) is 18.0. The lowest BCUT2D eigenvalue weighted by Gasteiger charge is -2.10. The van der Waals surface area contributed by atoms with Gasteiger partial charge in [0.2, 0.25) is 0 Å². The van der Waals surface area contributed by atoms with E-state index in [0.717, 1.165) is 5.69 Å². The molecule has 0 fully saturated rings. The Balaban J connectivity index is 1.89. The van der Waals surface area contributed by atoms with Crippen LogP contribution in [0.1, 0.15) is 11.4 Å². The lowest BCUT2D eigenvalue weighted by atomic mass is 10.3. The van der Waals surface area contributed by atoms with Gasteiger partial charge in [-0.25, -0.2) is 4.68 Å². The fraction of sp³-hybridized carbons (Fsp3) is 0.125. The average Bonchev–Trinajstić information content (AvgIpc) is 2.98. The van der Waals surface area contributed by atoms with E-state index < -0.39 is 0 Å². The molecule has 0 aliphatic carbocycles. The first kappa shape index (κ1) is 14.6. The van der Waals surface area contributed by atoms with Gasteiger partial charge in [-0.1, -0.05) is 47.1 Å². The Kier molecular flexibility index (Phi) is 4.37. The highest BCUT2D eigenvalue weighted by atomic mass is 35.5. The highest BCUT2D eigenvalue weighted by Gasteiger charge is 2.14. The van der Waals surface area contributed by atoms with Crippen molar-refractivity contribution in [3.63, 3.8) is 0 Å². The van der Waals surface area contributed by atoms with Gasteiger partial charge in [-0.3, -0.25) is 0 Å². The van der Waals surface area contributed by atoms with Crippen molar-refractivity contribution in [2.24, 2.45) is 0 Å². The van der Waals surface area contributed by atoms with Crippen LogP contribution in [0.4, 0.5) is 0 Å². The minimum Gasteiger partial charge on any atom is -0.486 e. The van der Waals surface area contributed by atoms with Crippen LogP contribution < -0.4 is 4.74 Å². The van der Waals surface area contributed by atoms with Crippen molar-refractivity contribution >= 4 is 11.6 Å². The number of para-hydroxylation sites is 2. The molecular formula is C16H14ClN3O2. The van der Waals surface area contributed by atoms with Crippen LogP contribution in [0.3, 0.4) is 0 Å². The maximum Gasteiger partial charge on any atom is 0.138 e. The Morgan fingerprint density at radius 1 is 1.05 bits per heavy atom. The van der Waals surface area contributed by atoms with Crippen molar-refractivity contribution in [2.75, 3.05) is 0 Å².